The molecular weight excluding hydrogens is 132 g/mol. The van der Waals surface area contributed by atoms with Crippen LogP contribution in [0.1, 0.15) is 40.0 Å². The minimum atomic E-state index is 0.880. The first-order valence-corrected chi connectivity index (χ1v) is 4.92. The van der Waals surface area contributed by atoms with Gasteiger partial charge in [-0.15, -0.1) is 0 Å². The molecule has 64 valence electrons. The highest BCUT2D eigenvalue weighted by atomic mass is 14.3. The molecule has 3 atom stereocenters. The Morgan fingerprint density at radius 1 is 1.45 bits per heavy atom. The third kappa shape index (κ3) is 2.08. The van der Waals surface area contributed by atoms with Crippen molar-refractivity contribution >= 4 is 0 Å². The molecule has 1 aliphatic carbocycles. The van der Waals surface area contributed by atoms with E-state index in [4.69, 9.17) is 0 Å². The fourth-order valence-electron chi connectivity index (χ4n) is 1.89. The maximum absolute atomic E-state index is 2.41. The van der Waals surface area contributed by atoms with E-state index in [9.17, 15) is 0 Å². The van der Waals surface area contributed by atoms with Crippen LogP contribution >= 0.6 is 0 Å². The van der Waals surface area contributed by atoms with Crippen molar-refractivity contribution in [2.75, 3.05) is 0 Å². The molecule has 3 unspecified atom stereocenters. The Bertz CT molecular complexity index is 135. The van der Waals surface area contributed by atoms with E-state index >= 15 is 0 Å². The van der Waals surface area contributed by atoms with Gasteiger partial charge in [0.1, 0.15) is 0 Å². The van der Waals surface area contributed by atoms with Gasteiger partial charge in [-0.2, -0.15) is 0 Å². The third-order valence-corrected chi connectivity index (χ3v) is 3.27. The quantitative estimate of drug-likeness (QED) is 0.542. The normalized spacial score (nSPS) is 28.8. The van der Waals surface area contributed by atoms with Gasteiger partial charge in [0.05, 0.1) is 0 Å². The maximum atomic E-state index is 2.41. The molecule has 0 N–H and O–H groups in total. The van der Waals surface area contributed by atoms with Gasteiger partial charge in [0.2, 0.25) is 0 Å². The van der Waals surface area contributed by atoms with E-state index in [0.717, 1.165) is 17.8 Å². The Kier molecular flexibility index (Phi) is 3.16. The third-order valence-electron chi connectivity index (χ3n) is 3.27. The van der Waals surface area contributed by atoms with E-state index in [-0.39, 0.29) is 0 Å². The molecular formula is C11H20. The summed E-state index contributed by atoms with van der Waals surface area (Å²) in [4.78, 5) is 0. The lowest BCUT2D eigenvalue weighted by atomic mass is 9.82. The topological polar surface area (TPSA) is 0 Å². The molecule has 0 aromatic rings. The average molecular weight is 152 g/mol. The van der Waals surface area contributed by atoms with E-state index < -0.39 is 0 Å². The van der Waals surface area contributed by atoms with Crippen molar-refractivity contribution in [3.05, 3.63) is 12.2 Å². The second-order valence-corrected chi connectivity index (χ2v) is 3.91. The lowest BCUT2D eigenvalue weighted by Crippen LogP contribution is -2.15. The van der Waals surface area contributed by atoms with Crippen LogP contribution in [0.5, 0.6) is 0 Å². The summed E-state index contributed by atoms with van der Waals surface area (Å²) in [5.74, 6) is 2.66. The van der Waals surface area contributed by atoms with E-state index in [0.29, 0.717) is 0 Å². The molecule has 0 aromatic carbocycles. The molecule has 0 heterocycles. The lowest BCUT2D eigenvalue weighted by molar-refractivity contribution is 0.294. The Balaban J connectivity index is 2.39. The summed E-state index contributed by atoms with van der Waals surface area (Å²) in [7, 11) is 0. The van der Waals surface area contributed by atoms with Gasteiger partial charge in [0.25, 0.3) is 0 Å². The van der Waals surface area contributed by atoms with Crippen LogP contribution in [0.15, 0.2) is 12.2 Å². The molecule has 0 heteroatoms. The molecule has 0 fully saturated rings. The van der Waals surface area contributed by atoms with Gasteiger partial charge in [0, 0.05) is 0 Å². The second-order valence-electron chi connectivity index (χ2n) is 3.91. The van der Waals surface area contributed by atoms with Crippen LogP contribution in [0, 0.1) is 17.8 Å². The van der Waals surface area contributed by atoms with Gasteiger partial charge in [-0.1, -0.05) is 39.3 Å². The molecule has 11 heavy (non-hydrogen) atoms. The summed E-state index contributed by atoms with van der Waals surface area (Å²) in [6.45, 7) is 7.06. The first kappa shape index (κ1) is 8.83. The van der Waals surface area contributed by atoms with Crippen LogP contribution < -0.4 is 0 Å². The first-order chi connectivity index (χ1) is 5.25. The Morgan fingerprint density at radius 2 is 2.18 bits per heavy atom. The zero-order valence-electron chi connectivity index (χ0n) is 8.01. The lowest BCUT2D eigenvalue weighted by Gasteiger charge is -2.23. The number of hydrogen-bond acceptors (Lipinski definition) is 0. The minimum Gasteiger partial charge on any atom is -0.0882 e. The van der Waals surface area contributed by atoms with E-state index in [2.05, 4.69) is 32.9 Å². The summed E-state index contributed by atoms with van der Waals surface area (Å²) in [5.41, 5.74) is 0. The van der Waals surface area contributed by atoms with E-state index in [1.807, 2.05) is 0 Å². The zero-order chi connectivity index (χ0) is 8.27. The van der Waals surface area contributed by atoms with E-state index in [1.165, 1.54) is 19.3 Å². The van der Waals surface area contributed by atoms with Gasteiger partial charge >= 0.3 is 0 Å². The van der Waals surface area contributed by atoms with Crippen molar-refractivity contribution in [3.63, 3.8) is 0 Å². The monoisotopic (exact) mass is 152 g/mol. The molecule has 0 saturated carbocycles. The van der Waals surface area contributed by atoms with Crippen LogP contribution in [-0.4, -0.2) is 0 Å². The van der Waals surface area contributed by atoms with Crippen molar-refractivity contribution in [1.29, 1.82) is 0 Å². The Morgan fingerprint density at radius 3 is 2.64 bits per heavy atom. The molecule has 0 nitrogen and oxygen atoms in total. The highest BCUT2D eigenvalue weighted by Crippen LogP contribution is 2.31. The smallest absolute Gasteiger partial charge is 0.0202 e. The fourth-order valence-corrected chi connectivity index (χ4v) is 1.89. The summed E-state index contributed by atoms with van der Waals surface area (Å²) in [5, 5.41) is 0. The van der Waals surface area contributed by atoms with Crippen molar-refractivity contribution in [1.82, 2.24) is 0 Å². The molecule has 0 aliphatic heterocycles. The van der Waals surface area contributed by atoms with Gasteiger partial charge in [-0.3, -0.25) is 0 Å². The number of hydrogen-bond donors (Lipinski definition) is 0. The van der Waals surface area contributed by atoms with Crippen molar-refractivity contribution in [2.24, 2.45) is 17.8 Å². The summed E-state index contributed by atoms with van der Waals surface area (Å²) in [6.07, 6.45) is 8.78. The summed E-state index contributed by atoms with van der Waals surface area (Å²) < 4.78 is 0. The second kappa shape index (κ2) is 3.94. The molecule has 0 saturated heterocycles. The minimum absolute atomic E-state index is 0.880. The number of rotatable bonds is 3. The highest BCUT2D eigenvalue weighted by molar-refractivity contribution is 4.98. The molecule has 0 spiro atoms. The molecule has 1 rings (SSSR count). The van der Waals surface area contributed by atoms with E-state index in [1.54, 1.807) is 0 Å². The highest BCUT2D eigenvalue weighted by Gasteiger charge is 2.20. The van der Waals surface area contributed by atoms with Gasteiger partial charge in [-0.25, -0.2) is 0 Å². The molecule has 0 amide bonds. The largest absolute Gasteiger partial charge is 0.0882 e. The van der Waals surface area contributed by atoms with Gasteiger partial charge in [-0.05, 0) is 30.6 Å². The molecule has 0 radical (unpaired) electrons. The van der Waals surface area contributed by atoms with Crippen molar-refractivity contribution < 1.29 is 0 Å². The van der Waals surface area contributed by atoms with Crippen LogP contribution in [0.4, 0.5) is 0 Å². The standard InChI is InChI=1S/C11H20/c1-4-9(2)10(3)11-7-5-6-8-11/h5,7,9-11H,4,6,8H2,1-3H3. The average Bonchev–Trinajstić information content (AvgIpc) is 2.53. The molecule has 0 aromatic heterocycles. The first-order valence-electron chi connectivity index (χ1n) is 4.92. The van der Waals surface area contributed by atoms with Crippen LogP contribution in [0.3, 0.4) is 0 Å². The SMILES string of the molecule is CCC(C)C(C)C1C=CCC1. The van der Waals surface area contributed by atoms with Gasteiger partial charge < -0.3 is 0 Å². The molecule has 1 aliphatic rings. The van der Waals surface area contributed by atoms with Gasteiger partial charge in [0.15, 0.2) is 0 Å². The van der Waals surface area contributed by atoms with Crippen LogP contribution in [-0.2, 0) is 0 Å². The van der Waals surface area contributed by atoms with Crippen LogP contribution in [0.25, 0.3) is 0 Å². The predicted octanol–water partition coefficient (Wildman–Crippen LogP) is 3.63. The zero-order valence-corrected chi connectivity index (χ0v) is 8.01. The van der Waals surface area contributed by atoms with Crippen molar-refractivity contribution in [2.45, 2.75) is 40.0 Å². The Labute approximate surface area is 70.7 Å². The Hall–Kier alpha value is -0.260. The summed E-state index contributed by atoms with van der Waals surface area (Å²) >= 11 is 0. The van der Waals surface area contributed by atoms with Crippen molar-refractivity contribution in [3.8, 4) is 0 Å². The molecule has 0 bridgehead atoms. The van der Waals surface area contributed by atoms with Crippen LogP contribution in [0.2, 0.25) is 0 Å². The maximum Gasteiger partial charge on any atom is -0.0202 e. The summed E-state index contributed by atoms with van der Waals surface area (Å²) in [6, 6.07) is 0. The number of allylic oxidation sites excluding steroid dienone is 2. The predicted molar refractivity (Wildman–Crippen MR) is 50.5 cm³/mol. The fraction of sp³-hybridized carbons (Fsp3) is 0.818.